The molecule has 2 unspecified atom stereocenters. The maximum atomic E-state index is 13.5. The van der Waals surface area contributed by atoms with Crippen LogP contribution >= 0.6 is 0 Å². The van der Waals surface area contributed by atoms with Crippen molar-refractivity contribution in [2.24, 2.45) is 5.73 Å². The number of nitrogens with two attached hydrogens (primary N) is 1. The Kier molecular flexibility index (Phi) is 3.00. The van der Waals surface area contributed by atoms with Crippen LogP contribution in [-0.2, 0) is 5.60 Å². The topological polar surface area (TPSA) is 46.2 Å². The summed E-state index contributed by atoms with van der Waals surface area (Å²) in [6.07, 6.45) is 3.03. The molecular weight excluding hydrogens is 205 g/mol. The highest BCUT2D eigenvalue weighted by atomic mass is 19.1. The molecule has 16 heavy (non-hydrogen) atoms. The summed E-state index contributed by atoms with van der Waals surface area (Å²) in [5.41, 5.74) is 6.19. The van der Waals surface area contributed by atoms with Crippen molar-refractivity contribution in [1.29, 1.82) is 0 Å². The quantitative estimate of drug-likeness (QED) is 0.767. The van der Waals surface area contributed by atoms with Crippen LogP contribution in [0.5, 0.6) is 0 Å². The monoisotopic (exact) mass is 223 g/mol. The number of benzene rings is 1. The smallest absolute Gasteiger partial charge is 0.126 e. The number of aryl methyl sites for hydroxylation is 1. The van der Waals surface area contributed by atoms with E-state index in [1.807, 2.05) is 0 Å². The lowest BCUT2D eigenvalue weighted by atomic mass is 9.77. The maximum absolute atomic E-state index is 13.5. The van der Waals surface area contributed by atoms with E-state index in [9.17, 15) is 9.50 Å². The molecule has 1 aliphatic carbocycles. The van der Waals surface area contributed by atoms with E-state index < -0.39 is 5.60 Å². The zero-order chi connectivity index (χ0) is 11.8. The van der Waals surface area contributed by atoms with Gasteiger partial charge in [-0.3, -0.25) is 0 Å². The molecule has 0 aromatic heterocycles. The van der Waals surface area contributed by atoms with Crippen LogP contribution in [-0.4, -0.2) is 11.1 Å². The molecule has 1 aromatic rings. The number of hydrogen-bond donors (Lipinski definition) is 2. The van der Waals surface area contributed by atoms with Crippen molar-refractivity contribution in [3.63, 3.8) is 0 Å². The van der Waals surface area contributed by atoms with Gasteiger partial charge in [-0.2, -0.15) is 0 Å². The van der Waals surface area contributed by atoms with Gasteiger partial charge in [0.1, 0.15) is 5.82 Å². The molecule has 0 aliphatic heterocycles. The Balaban J connectivity index is 2.31. The number of halogens is 1. The third kappa shape index (κ3) is 2.11. The van der Waals surface area contributed by atoms with Gasteiger partial charge in [0.15, 0.2) is 0 Å². The van der Waals surface area contributed by atoms with Crippen LogP contribution in [0.4, 0.5) is 4.39 Å². The van der Waals surface area contributed by atoms with Crippen molar-refractivity contribution in [1.82, 2.24) is 0 Å². The molecule has 0 amide bonds. The summed E-state index contributed by atoms with van der Waals surface area (Å²) in [6.45, 7) is 1.72. The first-order valence-electron chi connectivity index (χ1n) is 5.76. The molecule has 0 radical (unpaired) electrons. The number of rotatable bonds is 1. The van der Waals surface area contributed by atoms with Crippen molar-refractivity contribution >= 4 is 0 Å². The third-order valence-electron chi connectivity index (χ3n) is 3.47. The first-order chi connectivity index (χ1) is 7.51. The van der Waals surface area contributed by atoms with Crippen LogP contribution < -0.4 is 5.73 Å². The Morgan fingerprint density at radius 2 is 2.25 bits per heavy atom. The van der Waals surface area contributed by atoms with Crippen molar-refractivity contribution in [3.8, 4) is 0 Å². The second-order valence-electron chi connectivity index (χ2n) is 4.85. The summed E-state index contributed by atoms with van der Waals surface area (Å²) in [5.74, 6) is -0.259. The summed E-state index contributed by atoms with van der Waals surface area (Å²) >= 11 is 0. The Morgan fingerprint density at radius 1 is 1.50 bits per heavy atom. The van der Waals surface area contributed by atoms with Gasteiger partial charge in [-0.15, -0.1) is 0 Å². The van der Waals surface area contributed by atoms with Crippen LogP contribution in [0.1, 0.15) is 36.8 Å². The van der Waals surface area contributed by atoms with Gasteiger partial charge in [0, 0.05) is 6.04 Å². The van der Waals surface area contributed by atoms with E-state index in [2.05, 4.69) is 0 Å². The van der Waals surface area contributed by atoms with Gasteiger partial charge in [0.2, 0.25) is 0 Å². The van der Waals surface area contributed by atoms with E-state index >= 15 is 0 Å². The van der Waals surface area contributed by atoms with Crippen molar-refractivity contribution in [2.75, 3.05) is 0 Å². The van der Waals surface area contributed by atoms with E-state index in [4.69, 9.17) is 5.73 Å². The van der Waals surface area contributed by atoms with Crippen LogP contribution in [0.3, 0.4) is 0 Å². The van der Waals surface area contributed by atoms with Gasteiger partial charge in [0.25, 0.3) is 0 Å². The van der Waals surface area contributed by atoms with E-state index in [0.29, 0.717) is 24.0 Å². The fraction of sp³-hybridized carbons (Fsp3) is 0.538. The van der Waals surface area contributed by atoms with Crippen LogP contribution in [0.2, 0.25) is 0 Å². The van der Waals surface area contributed by atoms with Gasteiger partial charge in [-0.05, 0) is 49.8 Å². The normalized spacial score (nSPS) is 30.4. The molecule has 3 heteroatoms. The van der Waals surface area contributed by atoms with Crippen molar-refractivity contribution in [3.05, 3.63) is 35.1 Å². The van der Waals surface area contributed by atoms with E-state index in [1.54, 1.807) is 19.1 Å². The van der Waals surface area contributed by atoms with Crippen LogP contribution in [0.25, 0.3) is 0 Å². The molecule has 88 valence electrons. The fourth-order valence-corrected chi connectivity index (χ4v) is 2.44. The van der Waals surface area contributed by atoms with E-state index in [1.165, 1.54) is 6.07 Å². The molecule has 2 nitrogen and oxygen atoms in total. The standard InChI is InChI=1S/C13H18FNO/c1-9-4-5-10(7-12(9)14)13(16)6-2-3-11(15)8-13/h4-5,7,11,16H,2-3,6,8,15H2,1H3. The number of aliphatic hydroxyl groups is 1. The molecule has 2 rings (SSSR count). The molecule has 3 N–H and O–H groups in total. The summed E-state index contributed by atoms with van der Waals surface area (Å²) in [5, 5.41) is 10.5. The Bertz CT molecular complexity index is 394. The van der Waals surface area contributed by atoms with Crippen LogP contribution in [0.15, 0.2) is 18.2 Å². The lowest BCUT2D eigenvalue weighted by Crippen LogP contribution is -2.39. The predicted molar refractivity (Wildman–Crippen MR) is 61.5 cm³/mol. The molecule has 1 aromatic carbocycles. The van der Waals surface area contributed by atoms with Gasteiger partial charge in [0.05, 0.1) is 5.60 Å². The Morgan fingerprint density at radius 3 is 2.88 bits per heavy atom. The molecule has 1 aliphatic rings. The molecular formula is C13H18FNO. The van der Waals surface area contributed by atoms with E-state index in [0.717, 1.165) is 12.8 Å². The molecule has 2 atom stereocenters. The minimum absolute atomic E-state index is 0.0168. The SMILES string of the molecule is Cc1ccc(C2(O)CCCC(N)C2)cc1F. The molecule has 0 heterocycles. The largest absolute Gasteiger partial charge is 0.385 e. The maximum Gasteiger partial charge on any atom is 0.126 e. The second-order valence-corrected chi connectivity index (χ2v) is 4.85. The minimum atomic E-state index is -0.938. The Hall–Kier alpha value is -0.930. The highest BCUT2D eigenvalue weighted by Crippen LogP contribution is 2.36. The first kappa shape index (κ1) is 11.6. The molecule has 0 saturated heterocycles. The molecule has 0 bridgehead atoms. The summed E-state index contributed by atoms with van der Waals surface area (Å²) in [7, 11) is 0. The lowest BCUT2D eigenvalue weighted by Gasteiger charge is -2.35. The van der Waals surface area contributed by atoms with Gasteiger partial charge in [-0.25, -0.2) is 4.39 Å². The van der Waals surface area contributed by atoms with Gasteiger partial charge >= 0.3 is 0 Å². The lowest BCUT2D eigenvalue weighted by molar-refractivity contribution is -0.00742. The van der Waals surface area contributed by atoms with E-state index in [-0.39, 0.29) is 11.9 Å². The predicted octanol–water partition coefficient (Wildman–Crippen LogP) is 2.22. The zero-order valence-electron chi connectivity index (χ0n) is 9.54. The average Bonchev–Trinajstić information content (AvgIpc) is 2.21. The fourth-order valence-electron chi connectivity index (χ4n) is 2.44. The highest BCUT2D eigenvalue weighted by Gasteiger charge is 2.34. The van der Waals surface area contributed by atoms with Crippen molar-refractivity contribution in [2.45, 2.75) is 44.2 Å². The van der Waals surface area contributed by atoms with Crippen LogP contribution in [0, 0.1) is 12.7 Å². The van der Waals surface area contributed by atoms with Crippen molar-refractivity contribution < 1.29 is 9.50 Å². The second kappa shape index (κ2) is 4.15. The average molecular weight is 223 g/mol. The summed E-state index contributed by atoms with van der Waals surface area (Å²) < 4.78 is 13.5. The molecule has 1 fully saturated rings. The summed E-state index contributed by atoms with van der Waals surface area (Å²) in [4.78, 5) is 0. The third-order valence-corrected chi connectivity index (χ3v) is 3.47. The highest BCUT2D eigenvalue weighted by molar-refractivity contribution is 5.28. The molecule has 0 spiro atoms. The first-order valence-corrected chi connectivity index (χ1v) is 5.76. The number of hydrogen-bond acceptors (Lipinski definition) is 2. The minimum Gasteiger partial charge on any atom is -0.385 e. The van der Waals surface area contributed by atoms with Gasteiger partial charge in [-0.1, -0.05) is 12.1 Å². The Labute approximate surface area is 95.3 Å². The zero-order valence-corrected chi connectivity index (χ0v) is 9.54. The molecule has 1 saturated carbocycles. The van der Waals surface area contributed by atoms with Gasteiger partial charge < -0.3 is 10.8 Å². The summed E-state index contributed by atoms with van der Waals surface area (Å²) in [6, 6.07) is 4.97.